The summed E-state index contributed by atoms with van der Waals surface area (Å²) in [4.78, 5) is 8.06. The molecule has 0 aliphatic rings. The van der Waals surface area contributed by atoms with E-state index in [2.05, 4.69) is 27.4 Å². The van der Waals surface area contributed by atoms with Gasteiger partial charge in [0.15, 0.2) is 0 Å². The molecule has 0 unspecified atom stereocenters. The molecule has 2 aromatic rings. The molecule has 0 radical (unpaired) electrons. The van der Waals surface area contributed by atoms with Gasteiger partial charge in [-0.15, -0.1) is 11.8 Å². The zero-order valence-corrected chi connectivity index (χ0v) is 10.4. The van der Waals surface area contributed by atoms with E-state index in [9.17, 15) is 0 Å². The summed E-state index contributed by atoms with van der Waals surface area (Å²) in [5, 5.41) is 4.43. The van der Waals surface area contributed by atoms with E-state index in [4.69, 9.17) is 0 Å². The molecule has 1 N–H and O–H groups in total. The van der Waals surface area contributed by atoms with Crippen LogP contribution in [-0.4, -0.2) is 22.3 Å². The van der Waals surface area contributed by atoms with Gasteiger partial charge in [0.05, 0.1) is 5.03 Å². The van der Waals surface area contributed by atoms with Crippen molar-refractivity contribution < 1.29 is 0 Å². The number of aromatic nitrogens is 2. The maximum Gasteiger partial charge on any atom is 0.116 e. The van der Waals surface area contributed by atoms with E-state index >= 15 is 0 Å². The zero-order valence-electron chi connectivity index (χ0n) is 9.54. The minimum atomic E-state index is 0.988. The highest BCUT2D eigenvalue weighted by molar-refractivity contribution is 7.99. The van der Waals surface area contributed by atoms with Crippen LogP contribution in [0.3, 0.4) is 0 Å². The Kier molecular flexibility index (Phi) is 4.85. The summed E-state index contributed by atoms with van der Waals surface area (Å²) in [7, 11) is 0. The van der Waals surface area contributed by atoms with E-state index in [1.54, 1.807) is 24.3 Å². The summed E-state index contributed by atoms with van der Waals surface area (Å²) in [5.74, 6) is 1.07. The van der Waals surface area contributed by atoms with Crippen molar-refractivity contribution in [3.05, 3.63) is 48.9 Å². The van der Waals surface area contributed by atoms with Gasteiger partial charge in [0.25, 0.3) is 0 Å². The van der Waals surface area contributed by atoms with Crippen LogP contribution in [0.5, 0.6) is 0 Å². The van der Waals surface area contributed by atoms with Crippen molar-refractivity contribution in [1.82, 2.24) is 9.97 Å². The molecule has 0 spiro atoms. The molecule has 1 heterocycles. The van der Waals surface area contributed by atoms with Crippen LogP contribution in [-0.2, 0) is 0 Å². The summed E-state index contributed by atoms with van der Waals surface area (Å²) >= 11 is 1.76. The summed E-state index contributed by atoms with van der Waals surface area (Å²) in [6.45, 7) is 0.988. The maximum absolute atomic E-state index is 4.17. The number of nitrogens with one attached hydrogen (secondary N) is 1. The van der Waals surface area contributed by atoms with Gasteiger partial charge < -0.3 is 5.32 Å². The molecule has 0 fully saturated rings. The Hall–Kier alpha value is -1.55. The average molecular weight is 245 g/mol. The van der Waals surface area contributed by atoms with Crippen molar-refractivity contribution in [2.75, 3.05) is 17.6 Å². The number of hydrogen-bond donors (Lipinski definition) is 1. The zero-order chi connectivity index (χ0) is 11.8. The molecule has 0 aliphatic heterocycles. The van der Waals surface area contributed by atoms with Crippen LogP contribution in [0.25, 0.3) is 0 Å². The third-order valence-electron chi connectivity index (χ3n) is 2.23. The number of anilines is 1. The molecular weight excluding hydrogens is 230 g/mol. The highest BCUT2D eigenvalue weighted by Crippen LogP contribution is 2.14. The normalized spacial score (nSPS) is 10.1. The maximum atomic E-state index is 4.17. The lowest BCUT2D eigenvalue weighted by molar-refractivity contribution is 0.982. The summed E-state index contributed by atoms with van der Waals surface area (Å²) < 4.78 is 0. The van der Waals surface area contributed by atoms with Gasteiger partial charge in [-0.3, -0.25) is 0 Å². The largest absolute Gasteiger partial charge is 0.385 e. The Morgan fingerprint density at radius 2 is 2.00 bits per heavy atom. The predicted octanol–water partition coefficient (Wildman–Crippen LogP) is 3.07. The summed E-state index contributed by atoms with van der Waals surface area (Å²) in [6.07, 6.45) is 4.48. The lowest BCUT2D eigenvalue weighted by atomic mass is 10.3. The van der Waals surface area contributed by atoms with Crippen LogP contribution >= 0.6 is 11.8 Å². The Labute approximate surface area is 106 Å². The topological polar surface area (TPSA) is 37.8 Å². The fraction of sp³-hybridized carbons (Fsp3) is 0.231. The highest BCUT2D eigenvalue weighted by Gasteiger charge is 1.94. The van der Waals surface area contributed by atoms with E-state index < -0.39 is 0 Å². The highest BCUT2D eigenvalue weighted by atomic mass is 32.2. The van der Waals surface area contributed by atoms with Crippen molar-refractivity contribution in [2.45, 2.75) is 11.4 Å². The molecule has 0 bridgehead atoms. The van der Waals surface area contributed by atoms with Crippen molar-refractivity contribution in [3.63, 3.8) is 0 Å². The smallest absolute Gasteiger partial charge is 0.116 e. The third kappa shape index (κ3) is 4.44. The molecule has 0 saturated carbocycles. The predicted molar refractivity (Wildman–Crippen MR) is 72.3 cm³/mol. The van der Waals surface area contributed by atoms with E-state index in [1.807, 2.05) is 24.3 Å². The van der Waals surface area contributed by atoms with Crippen LogP contribution < -0.4 is 5.32 Å². The molecule has 0 saturated heterocycles. The molecule has 0 aliphatic carbocycles. The second-order valence-corrected chi connectivity index (χ2v) is 4.66. The standard InChI is InChI=1S/C13H15N3S/c1-2-5-12(6-3-1)15-8-4-10-17-13-7-9-14-11-16-13/h1-3,5-7,9,11,15H,4,8,10H2. The van der Waals surface area contributed by atoms with Crippen LogP contribution in [0.15, 0.2) is 53.9 Å². The number of nitrogens with zero attached hydrogens (tertiary/aromatic N) is 2. The number of para-hydroxylation sites is 1. The van der Waals surface area contributed by atoms with Gasteiger partial charge in [0, 0.05) is 24.2 Å². The summed E-state index contributed by atoms with van der Waals surface area (Å²) in [6, 6.07) is 12.2. The molecule has 3 nitrogen and oxygen atoms in total. The number of hydrogen-bond acceptors (Lipinski definition) is 4. The van der Waals surface area contributed by atoms with Gasteiger partial charge in [-0.1, -0.05) is 18.2 Å². The average Bonchev–Trinajstić information content (AvgIpc) is 2.41. The van der Waals surface area contributed by atoms with Crippen LogP contribution in [0.1, 0.15) is 6.42 Å². The monoisotopic (exact) mass is 245 g/mol. The number of rotatable bonds is 6. The Bertz CT molecular complexity index is 378. The third-order valence-corrected chi connectivity index (χ3v) is 3.26. The van der Waals surface area contributed by atoms with E-state index in [1.165, 1.54) is 5.69 Å². The second-order valence-electron chi connectivity index (χ2n) is 3.54. The summed E-state index contributed by atoms with van der Waals surface area (Å²) in [5.41, 5.74) is 1.18. The fourth-order valence-electron chi connectivity index (χ4n) is 1.40. The molecule has 1 aromatic carbocycles. The van der Waals surface area contributed by atoms with Gasteiger partial charge in [-0.2, -0.15) is 0 Å². The fourth-order valence-corrected chi connectivity index (χ4v) is 2.18. The van der Waals surface area contributed by atoms with Gasteiger partial charge in [-0.05, 0) is 24.6 Å². The van der Waals surface area contributed by atoms with Gasteiger partial charge >= 0.3 is 0 Å². The lowest BCUT2D eigenvalue weighted by Gasteiger charge is -2.05. The van der Waals surface area contributed by atoms with Crippen LogP contribution in [0, 0.1) is 0 Å². The molecule has 17 heavy (non-hydrogen) atoms. The second kappa shape index (κ2) is 6.91. The SMILES string of the molecule is c1ccc(NCCCSc2ccncn2)cc1. The first kappa shape index (κ1) is 11.9. The molecular formula is C13H15N3S. The molecule has 88 valence electrons. The van der Waals surface area contributed by atoms with Gasteiger partial charge in [0.1, 0.15) is 6.33 Å². The Morgan fingerprint density at radius 3 is 2.76 bits per heavy atom. The molecule has 0 amide bonds. The van der Waals surface area contributed by atoms with E-state index in [0.717, 1.165) is 23.7 Å². The quantitative estimate of drug-likeness (QED) is 0.482. The van der Waals surface area contributed by atoms with E-state index in [0.29, 0.717) is 0 Å². The van der Waals surface area contributed by atoms with Crippen molar-refractivity contribution >= 4 is 17.4 Å². The first-order chi connectivity index (χ1) is 8.45. The Morgan fingerprint density at radius 1 is 1.12 bits per heavy atom. The van der Waals surface area contributed by atoms with Gasteiger partial charge in [0.2, 0.25) is 0 Å². The number of thioether (sulfide) groups is 1. The minimum Gasteiger partial charge on any atom is -0.385 e. The molecule has 0 atom stereocenters. The van der Waals surface area contributed by atoms with Crippen molar-refractivity contribution in [2.24, 2.45) is 0 Å². The first-order valence-electron chi connectivity index (χ1n) is 5.63. The first-order valence-corrected chi connectivity index (χ1v) is 6.61. The lowest BCUT2D eigenvalue weighted by Crippen LogP contribution is -2.02. The Balaban J connectivity index is 1.61. The van der Waals surface area contributed by atoms with Crippen molar-refractivity contribution in [3.8, 4) is 0 Å². The number of benzene rings is 1. The minimum absolute atomic E-state index is 0.988. The molecule has 1 aromatic heterocycles. The van der Waals surface area contributed by atoms with Crippen LogP contribution in [0.2, 0.25) is 0 Å². The van der Waals surface area contributed by atoms with E-state index in [-0.39, 0.29) is 0 Å². The van der Waals surface area contributed by atoms with Crippen molar-refractivity contribution in [1.29, 1.82) is 0 Å². The van der Waals surface area contributed by atoms with Crippen LogP contribution in [0.4, 0.5) is 5.69 Å². The van der Waals surface area contributed by atoms with Gasteiger partial charge in [-0.25, -0.2) is 9.97 Å². The molecule has 4 heteroatoms. The molecule has 2 rings (SSSR count).